The molecule has 21 heavy (non-hydrogen) atoms. The summed E-state index contributed by atoms with van der Waals surface area (Å²) in [6.07, 6.45) is 1.71. The van der Waals surface area contributed by atoms with Crippen LogP contribution in [0.2, 0.25) is 5.02 Å². The van der Waals surface area contributed by atoms with E-state index >= 15 is 0 Å². The minimum absolute atomic E-state index is 0.172. The Kier molecular flexibility index (Phi) is 3.59. The van der Waals surface area contributed by atoms with Crippen LogP contribution in [0, 0.1) is 5.82 Å². The minimum atomic E-state index is -0.293. The van der Waals surface area contributed by atoms with E-state index in [1.54, 1.807) is 42.6 Å². The molecule has 0 aliphatic rings. The number of rotatable bonds is 2. The third kappa shape index (κ3) is 2.73. The van der Waals surface area contributed by atoms with Crippen molar-refractivity contribution in [1.82, 2.24) is 4.57 Å². The Hall–Kier alpha value is -2.39. The summed E-state index contributed by atoms with van der Waals surface area (Å²) < 4.78 is 14.5. The molecule has 0 saturated carbocycles. The van der Waals surface area contributed by atoms with Gasteiger partial charge in [-0.2, -0.15) is 0 Å². The fourth-order valence-corrected chi connectivity index (χ4v) is 2.36. The molecule has 1 aromatic heterocycles. The number of aromatic nitrogens is 1. The molecule has 0 aliphatic carbocycles. The first kappa shape index (κ1) is 13.6. The van der Waals surface area contributed by atoms with E-state index in [-0.39, 0.29) is 11.4 Å². The van der Waals surface area contributed by atoms with Gasteiger partial charge in [-0.25, -0.2) is 4.39 Å². The Morgan fingerprint density at radius 2 is 1.52 bits per heavy atom. The molecule has 0 N–H and O–H groups in total. The van der Waals surface area contributed by atoms with Crippen LogP contribution in [0.15, 0.2) is 71.7 Å². The maximum Gasteiger partial charge on any atom is 0.255 e. The van der Waals surface area contributed by atoms with Crippen LogP contribution < -0.4 is 5.56 Å². The molecule has 0 fully saturated rings. The molecule has 0 atom stereocenters. The van der Waals surface area contributed by atoms with Crippen molar-refractivity contribution < 1.29 is 4.39 Å². The highest BCUT2D eigenvalue weighted by molar-refractivity contribution is 6.32. The summed E-state index contributed by atoms with van der Waals surface area (Å²) in [5.41, 5.74) is 2.09. The standard InChI is InChI=1S/C17H11ClFNO/c18-15-3-1-2-4-16(15)20-11-13(7-10-17(20)21)12-5-8-14(19)9-6-12/h1-11H. The van der Waals surface area contributed by atoms with E-state index in [0.717, 1.165) is 11.1 Å². The Morgan fingerprint density at radius 1 is 0.857 bits per heavy atom. The largest absolute Gasteiger partial charge is 0.282 e. The van der Waals surface area contributed by atoms with Gasteiger partial charge in [-0.05, 0) is 41.5 Å². The normalized spacial score (nSPS) is 10.6. The van der Waals surface area contributed by atoms with Gasteiger partial charge in [0.1, 0.15) is 5.82 Å². The minimum Gasteiger partial charge on any atom is -0.282 e. The third-order valence-electron chi connectivity index (χ3n) is 3.20. The number of halogens is 2. The number of benzene rings is 2. The fourth-order valence-electron chi connectivity index (χ4n) is 2.14. The lowest BCUT2D eigenvalue weighted by molar-refractivity contribution is 0.628. The molecule has 0 unspecified atom stereocenters. The lowest BCUT2D eigenvalue weighted by atomic mass is 10.1. The van der Waals surface area contributed by atoms with Crippen LogP contribution in [-0.2, 0) is 0 Å². The molecule has 3 rings (SSSR count). The van der Waals surface area contributed by atoms with Gasteiger partial charge in [0.05, 0.1) is 10.7 Å². The van der Waals surface area contributed by atoms with Crippen molar-refractivity contribution in [2.45, 2.75) is 0 Å². The van der Waals surface area contributed by atoms with Crippen molar-refractivity contribution in [2.24, 2.45) is 0 Å². The van der Waals surface area contributed by atoms with E-state index in [4.69, 9.17) is 11.6 Å². The fraction of sp³-hybridized carbons (Fsp3) is 0. The molecule has 4 heteroatoms. The molecule has 0 aliphatic heterocycles. The summed E-state index contributed by atoms with van der Waals surface area (Å²) in [5, 5.41) is 0.496. The van der Waals surface area contributed by atoms with Crippen molar-refractivity contribution in [3.05, 3.63) is 88.1 Å². The molecule has 104 valence electrons. The van der Waals surface area contributed by atoms with E-state index in [9.17, 15) is 9.18 Å². The van der Waals surface area contributed by atoms with Crippen LogP contribution in [0.4, 0.5) is 4.39 Å². The molecule has 0 radical (unpaired) electrons. The highest BCUT2D eigenvalue weighted by Gasteiger charge is 2.06. The lowest BCUT2D eigenvalue weighted by Gasteiger charge is -2.10. The van der Waals surface area contributed by atoms with Gasteiger partial charge in [0.2, 0.25) is 0 Å². The molecule has 1 heterocycles. The average Bonchev–Trinajstić information content (AvgIpc) is 2.50. The van der Waals surface area contributed by atoms with E-state index in [1.807, 2.05) is 6.07 Å². The quantitative estimate of drug-likeness (QED) is 0.691. The SMILES string of the molecule is O=c1ccc(-c2ccc(F)cc2)cn1-c1ccccc1Cl. The van der Waals surface area contributed by atoms with Crippen molar-refractivity contribution in [2.75, 3.05) is 0 Å². The maximum absolute atomic E-state index is 13.0. The summed E-state index contributed by atoms with van der Waals surface area (Å²) in [6, 6.07) is 16.4. The van der Waals surface area contributed by atoms with Gasteiger partial charge in [-0.1, -0.05) is 35.9 Å². The molecule has 0 saturated heterocycles. The van der Waals surface area contributed by atoms with E-state index in [1.165, 1.54) is 22.8 Å². The lowest BCUT2D eigenvalue weighted by Crippen LogP contribution is -2.16. The second-order valence-electron chi connectivity index (χ2n) is 4.58. The molecule has 3 aromatic rings. The summed E-state index contributed by atoms with van der Waals surface area (Å²) in [4.78, 5) is 12.1. The zero-order valence-electron chi connectivity index (χ0n) is 11.0. The Balaban J connectivity index is 2.15. The van der Waals surface area contributed by atoms with Gasteiger partial charge in [0.25, 0.3) is 5.56 Å². The number of hydrogen-bond acceptors (Lipinski definition) is 1. The van der Waals surface area contributed by atoms with Gasteiger partial charge in [0.15, 0.2) is 0 Å². The predicted molar refractivity (Wildman–Crippen MR) is 82.4 cm³/mol. The van der Waals surface area contributed by atoms with E-state index < -0.39 is 0 Å². The van der Waals surface area contributed by atoms with E-state index in [2.05, 4.69) is 0 Å². The molecule has 0 spiro atoms. The van der Waals surface area contributed by atoms with Crippen LogP contribution >= 0.6 is 11.6 Å². The van der Waals surface area contributed by atoms with Gasteiger partial charge in [-0.3, -0.25) is 9.36 Å². The summed E-state index contributed by atoms with van der Waals surface area (Å²) in [7, 11) is 0. The summed E-state index contributed by atoms with van der Waals surface area (Å²) >= 11 is 6.14. The monoisotopic (exact) mass is 299 g/mol. The molecule has 0 bridgehead atoms. The Labute approximate surface area is 126 Å². The predicted octanol–water partition coefficient (Wildman–Crippen LogP) is 4.30. The topological polar surface area (TPSA) is 22.0 Å². The zero-order chi connectivity index (χ0) is 14.8. The molecule has 2 aromatic carbocycles. The molecular formula is C17H11ClFNO. The number of pyridine rings is 1. The zero-order valence-corrected chi connectivity index (χ0v) is 11.7. The number of hydrogen-bond donors (Lipinski definition) is 0. The van der Waals surface area contributed by atoms with E-state index in [0.29, 0.717) is 10.7 Å². The second-order valence-corrected chi connectivity index (χ2v) is 4.99. The first-order valence-electron chi connectivity index (χ1n) is 6.39. The van der Waals surface area contributed by atoms with Crippen molar-refractivity contribution in [1.29, 1.82) is 0 Å². The van der Waals surface area contributed by atoms with Crippen LogP contribution in [0.1, 0.15) is 0 Å². The first-order valence-corrected chi connectivity index (χ1v) is 6.76. The summed E-state index contributed by atoms with van der Waals surface area (Å²) in [6.45, 7) is 0. The van der Waals surface area contributed by atoms with Gasteiger partial charge in [-0.15, -0.1) is 0 Å². The Bertz CT molecular complexity index is 840. The summed E-state index contributed by atoms with van der Waals surface area (Å²) in [5.74, 6) is -0.293. The third-order valence-corrected chi connectivity index (χ3v) is 3.52. The first-order chi connectivity index (χ1) is 10.1. The molecule has 0 amide bonds. The van der Waals surface area contributed by atoms with Gasteiger partial charge in [0, 0.05) is 12.3 Å². The highest BCUT2D eigenvalue weighted by atomic mass is 35.5. The van der Waals surface area contributed by atoms with Crippen molar-refractivity contribution >= 4 is 11.6 Å². The molecular weight excluding hydrogens is 289 g/mol. The molecule has 2 nitrogen and oxygen atoms in total. The van der Waals surface area contributed by atoms with Crippen molar-refractivity contribution in [3.63, 3.8) is 0 Å². The second kappa shape index (κ2) is 5.54. The van der Waals surface area contributed by atoms with Crippen LogP contribution in [0.5, 0.6) is 0 Å². The van der Waals surface area contributed by atoms with Gasteiger partial charge >= 0.3 is 0 Å². The number of para-hydroxylation sites is 1. The Morgan fingerprint density at radius 3 is 2.24 bits per heavy atom. The van der Waals surface area contributed by atoms with Gasteiger partial charge < -0.3 is 0 Å². The average molecular weight is 300 g/mol. The van der Waals surface area contributed by atoms with Crippen molar-refractivity contribution in [3.8, 4) is 16.8 Å². The van der Waals surface area contributed by atoms with Crippen LogP contribution in [0.3, 0.4) is 0 Å². The highest BCUT2D eigenvalue weighted by Crippen LogP contribution is 2.22. The van der Waals surface area contributed by atoms with Crippen LogP contribution in [-0.4, -0.2) is 4.57 Å². The van der Waals surface area contributed by atoms with Crippen LogP contribution in [0.25, 0.3) is 16.8 Å². The smallest absolute Gasteiger partial charge is 0.255 e. The number of nitrogens with zero attached hydrogens (tertiary/aromatic N) is 1. The maximum atomic E-state index is 13.0.